The van der Waals surface area contributed by atoms with Gasteiger partial charge in [-0.05, 0) is 36.6 Å². The minimum Gasteiger partial charge on any atom is -0.508 e. The van der Waals surface area contributed by atoms with Gasteiger partial charge in [0.1, 0.15) is 17.1 Å². The van der Waals surface area contributed by atoms with Gasteiger partial charge in [0.05, 0.1) is 0 Å². The van der Waals surface area contributed by atoms with Crippen molar-refractivity contribution >= 4 is 5.78 Å². The van der Waals surface area contributed by atoms with Crippen LogP contribution in [0.5, 0.6) is 11.5 Å². The Morgan fingerprint density at radius 2 is 1.70 bits per heavy atom. The lowest BCUT2D eigenvalue weighted by molar-refractivity contribution is 0.104. The second-order valence-corrected chi connectivity index (χ2v) is 7.07. The zero-order valence-electron chi connectivity index (χ0n) is 17.4. The minimum absolute atomic E-state index is 0.0771. The maximum absolute atomic E-state index is 12.5. The number of carbonyl (C=O) groups excluding carboxylic acids is 1. The number of phenols is 1. The molecule has 3 N–H and O–H groups in total. The number of benzene rings is 1. The Balaban J connectivity index is 2.15. The first-order valence-electron chi connectivity index (χ1n) is 9.81. The average Bonchev–Trinajstić information content (AvgIpc) is 2.71. The number of hydrogen-bond acceptors (Lipinski definition) is 4. The van der Waals surface area contributed by atoms with Gasteiger partial charge in [0.25, 0.3) is 5.56 Å². The molecule has 2 aromatic rings. The fraction of sp³-hybridized carbons (Fsp3) is 0.200. The number of hydrogen-bond donors (Lipinski definition) is 3. The van der Waals surface area contributed by atoms with Crippen molar-refractivity contribution in [1.29, 1.82) is 0 Å². The molecule has 1 heterocycles. The molecule has 156 valence electrons. The lowest BCUT2D eigenvalue weighted by Gasteiger charge is -2.07. The second-order valence-electron chi connectivity index (χ2n) is 7.07. The summed E-state index contributed by atoms with van der Waals surface area (Å²) in [7, 11) is 0. The van der Waals surface area contributed by atoms with Crippen molar-refractivity contribution in [2.24, 2.45) is 5.92 Å². The summed E-state index contributed by atoms with van der Waals surface area (Å²) in [6, 6.07) is 6.08. The molecule has 0 spiro atoms. The van der Waals surface area contributed by atoms with Crippen LogP contribution in [-0.4, -0.2) is 21.0 Å². The summed E-state index contributed by atoms with van der Waals surface area (Å²) in [5.41, 5.74) is 1.03. The molecule has 1 atom stereocenters. The van der Waals surface area contributed by atoms with Crippen molar-refractivity contribution < 1.29 is 15.0 Å². The molecule has 0 aliphatic carbocycles. The van der Waals surface area contributed by atoms with E-state index < -0.39 is 17.1 Å². The first kappa shape index (κ1) is 22.7. The fourth-order valence-electron chi connectivity index (χ4n) is 2.79. The Kier molecular flexibility index (Phi) is 8.18. The summed E-state index contributed by atoms with van der Waals surface area (Å²) < 4.78 is 0. The SMILES string of the molecule is CCC(C)C=C(C)C=CC=CC=CC(=O)c1c(O)c(-c2ccc(O)cc2)c[nH]c1=O. The molecular formula is C25H27NO4. The Morgan fingerprint density at radius 3 is 2.33 bits per heavy atom. The van der Waals surface area contributed by atoms with Gasteiger partial charge in [0.15, 0.2) is 5.78 Å². The molecule has 5 nitrogen and oxygen atoms in total. The minimum atomic E-state index is -0.667. The van der Waals surface area contributed by atoms with E-state index in [4.69, 9.17) is 0 Å². The number of nitrogens with one attached hydrogen (secondary N) is 1. The molecule has 0 fully saturated rings. The van der Waals surface area contributed by atoms with E-state index in [1.54, 1.807) is 24.3 Å². The first-order valence-corrected chi connectivity index (χ1v) is 9.81. The molecule has 1 aromatic heterocycles. The van der Waals surface area contributed by atoms with Crippen molar-refractivity contribution in [3.63, 3.8) is 0 Å². The number of ketones is 1. The van der Waals surface area contributed by atoms with Crippen LogP contribution in [0.15, 0.2) is 83.4 Å². The van der Waals surface area contributed by atoms with Crippen LogP contribution in [-0.2, 0) is 0 Å². The Morgan fingerprint density at radius 1 is 1.07 bits per heavy atom. The normalized spacial score (nSPS) is 13.5. The number of aromatic amines is 1. The molecule has 0 saturated carbocycles. The molecule has 0 bridgehead atoms. The van der Waals surface area contributed by atoms with Gasteiger partial charge in [0.2, 0.25) is 0 Å². The van der Waals surface area contributed by atoms with E-state index in [0.29, 0.717) is 17.0 Å². The highest BCUT2D eigenvalue weighted by molar-refractivity contribution is 6.07. The monoisotopic (exact) mass is 405 g/mol. The van der Waals surface area contributed by atoms with Gasteiger partial charge in [-0.3, -0.25) is 9.59 Å². The molecule has 0 radical (unpaired) electrons. The standard InChI is InChI=1S/C25H27NO4/c1-4-17(2)15-18(3)9-7-5-6-8-10-22(28)23-24(29)21(16-26-25(23)30)19-11-13-20(27)14-12-19/h5-17,27H,4H2,1-3H3,(H2,26,29,30). The molecule has 30 heavy (non-hydrogen) atoms. The van der Waals surface area contributed by atoms with Gasteiger partial charge in [-0.25, -0.2) is 0 Å². The van der Waals surface area contributed by atoms with Crippen molar-refractivity contribution in [2.45, 2.75) is 27.2 Å². The molecule has 5 heteroatoms. The van der Waals surface area contributed by atoms with E-state index in [1.807, 2.05) is 19.1 Å². The van der Waals surface area contributed by atoms with Crippen LogP contribution < -0.4 is 5.56 Å². The van der Waals surface area contributed by atoms with Crippen LogP contribution in [0.1, 0.15) is 37.6 Å². The summed E-state index contributed by atoms with van der Waals surface area (Å²) in [5, 5.41) is 19.9. The Labute approximate surface area is 176 Å². The van der Waals surface area contributed by atoms with Crippen LogP contribution in [0.3, 0.4) is 0 Å². The molecule has 1 aromatic carbocycles. The molecule has 0 saturated heterocycles. The average molecular weight is 405 g/mol. The van der Waals surface area contributed by atoms with Crippen LogP contribution in [0.4, 0.5) is 0 Å². The van der Waals surface area contributed by atoms with Gasteiger partial charge in [0, 0.05) is 11.8 Å². The summed E-state index contributed by atoms with van der Waals surface area (Å²) in [5.74, 6) is -0.392. The predicted molar refractivity (Wildman–Crippen MR) is 121 cm³/mol. The van der Waals surface area contributed by atoms with Gasteiger partial charge in [-0.2, -0.15) is 0 Å². The second kappa shape index (κ2) is 10.8. The van der Waals surface area contributed by atoms with Crippen molar-refractivity contribution in [3.8, 4) is 22.6 Å². The number of phenolic OH excluding ortho intramolecular Hbond substituents is 1. The predicted octanol–water partition coefficient (Wildman–Crippen LogP) is 5.30. The van der Waals surface area contributed by atoms with Crippen molar-refractivity contribution in [1.82, 2.24) is 4.98 Å². The number of carbonyl (C=O) groups is 1. The highest BCUT2D eigenvalue weighted by Crippen LogP contribution is 2.31. The fourth-order valence-corrected chi connectivity index (χ4v) is 2.79. The molecule has 2 rings (SSSR count). The highest BCUT2D eigenvalue weighted by Gasteiger charge is 2.18. The topological polar surface area (TPSA) is 90.4 Å². The van der Waals surface area contributed by atoms with Crippen LogP contribution in [0.25, 0.3) is 11.1 Å². The van der Waals surface area contributed by atoms with Crippen molar-refractivity contribution in [2.75, 3.05) is 0 Å². The van der Waals surface area contributed by atoms with E-state index in [0.717, 1.165) is 12.0 Å². The zero-order valence-corrected chi connectivity index (χ0v) is 17.4. The first-order chi connectivity index (χ1) is 14.3. The van der Waals surface area contributed by atoms with Crippen LogP contribution in [0, 0.1) is 5.92 Å². The van der Waals surface area contributed by atoms with E-state index in [-0.39, 0.29) is 11.3 Å². The molecule has 0 aliphatic rings. The third kappa shape index (κ3) is 6.21. The Hall–Kier alpha value is -3.60. The lowest BCUT2D eigenvalue weighted by Crippen LogP contribution is -2.16. The van der Waals surface area contributed by atoms with Gasteiger partial charge in [-0.1, -0.05) is 74.4 Å². The van der Waals surface area contributed by atoms with Gasteiger partial charge >= 0.3 is 0 Å². The third-order valence-corrected chi connectivity index (χ3v) is 4.62. The number of rotatable bonds is 8. The zero-order chi connectivity index (χ0) is 22.1. The Bertz CT molecular complexity index is 1050. The van der Waals surface area contributed by atoms with Crippen LogP contribution in [0.2, 0.25) is 0 Å². The molecule has 1 unspecified atom stereocenters. The van der Waals surface area contributed by atoms with E-state index >= 15 is 0 Å². The van der Waals surface area contributed by atoms with Crippen molar-refractivity contribution in [3.05, 3.63) is 94.5 Å². The number of aromatic nitrogens is 1. The maximum atomic E-state index is 12.5. The largest absolute Gasteiger partial charge is 0.508 e. The summed E-state index contributed by atoms with van der Waals surface area (Å²) in [4.78, 5) is 27.0. The quantitative estimate of drug-likeness (QED) is 0.316. The summed E-state index contributed by atoms with van der Waals surface area (Å²) in [6.07, 6.45) is 14.7. The smallest absolute Gasteiger partial charge is 0.263 e. The molecular weight excluding hydrogens is 378 g/mol. The number of pyridine rings is 1. The van der Waals surface area contributed by atoms with E-state index in [9.17, 15) is 19.8 Å². The molecule has 0 aliphatic heterocycles. The van der Waals surface area contributed by atoms with E-state index in [2.05, 4.69) is 24.9 Å². The van der Waals surface area contributed by atoms with Gasteiger partial charge in [-0.15, -0.1) is 0 Å². The maximum Gasteiger partial charge on any atom is 0.263 e. The van der Waals surface area contributed by atoms with Gasteiger partial charge < -0.3 is 15.2 Å². The molecule has 0 amide bonds. The summed E-state index contributed by atoms with van der Waals surface area (Å²) >= 11 is 0. The van der Waals surface area contributed by atoms with Crippen LogP contribution >= 0.6 is 0 Å². The lowest BCUT2D eigenvalue weighted by atomic mass is 10.0. The number of H-pyrrole nitrogens is 1. The third-order valence-electron chi connectivity index (χ3n) is 4.62. The number of aromatic hydroxyl groups is 2. The van der Waals surface area contributed by atoms with E-state index in [1.165, 1.54) is 30.5 Å². The highest BCUT2D eigenvalue weighted by atomic mass is 16.3. The number of allylic oxidation sites excluding steroid dienone is 8. The summed E-state index contributed by atoms with van der Waals surface area (Å²) in [6.45, 7) is 6.34.